The molecule has 1 aromatic carbocycles. The molecule has 0 fully saturated rings. The number of hydrogen-bond acceptors (Lipinski definition) is 4. The van der Waals surface area contributed by atoms with E-state index in [1.165, 1.54) is 5.56 Å². The van der Waals surface area contributed by atoms with Crippen molar-refractivity contribution < 1.29 is 4.74 Å². The molecule has 4 rings (SSSR count). The third kappa shape index (κ3) is 2.56. The highest BCUT2D eigenvalue weighted by Gasteiger charge is 2.14. The van der Waals surface area contributed by atoms with Gasteiger partial charge >= 0.3 is 0 Å². The summed E-state index contributed by atoms with van der Waals surface area (Å²) in [6.45, 7) is 4.02. The van der Waals surface area contributed by atoms with Gasteiger partial charge in [-0.15, -0.1) is 0 Å². The minimum atomic E-state index is 0.681. The van der Waals surface area contributed by atoms with Crippen LogP contribution < -0.4 is 4.74 Å². The van der Waals surface area contributed by atoms with E-state index in [-0.39, 0.29) is 0 Å². The predicted octanol–water partition coefficient (Wildman–Crippen LogP) is 4.52. The Morgan fingerprint density at radius 2 is 1.83 bits per heavy atom. The highest BCUT2D eigenvalue weighted by Crippen LogP contribution is 2.32. The van der Waals surface area contributed by atoms with Gasteiger partial charge in [-0.2, -0.15) is 0 Å². The van der Waals surface area contributed by atoms with Gasteiger partial charge in [0.15, 0.2) is 0 Å². The van der Waals surface area contributed by atoms with Gasteiger partial charge in [0.2, 0.25) is 5.88 Å². The van der Waals surface area contributed by atoms with Crippen LogP contribution in [0.15, 0.2) is 48.9 Å². The standard InChI is InChI=1S/C20H17N3O/c1-13-12-16(6-7-17(13)19-14(2)21-10-11-22-19)24-20-18-5-3-4-15(18)8-9-23-20/h3-4,6-12H,5H2,1-2H3. The van der Waals surface area contributed by atoms with Crippen LogP contribution in [-0.2, 0) is 6.42 Å². The van der Waals surface area contributed by atoms with Gasteiger partial charge in [0.1, 0.15) is 5.75 Å². The first-order valence-corrected chi connectivity index (χ1v) is 7.93. The number of benzene rings is 1. The van der Waals surface area contributed by atoms with E-state index in [2.05, 4.69) is 34.0 Å². The van der Waals surface area contributed by atoms with Gasteiger partial charge in [-0.25, -0.2) is 4.98 Å². The fourth-order valence-electron chi connectivity index (χ4n) is 2.99. The Kier molecular flexibility index (Phi) is 3.58. The number of allylic oxidation sites excluding steroid dienone is 1. The molecule has 0 radical (unpaired) electrons. The zero-order chi connectivity index (χ0) is 16.5. The van der Waals surface area contributed by atoms with Crippen molar-refractivity contribution in [3.8, 4) is 22.9 Å². The molecule has 0 spiro atoms. The number of fused-ring (bicyclic) bond motifs is 1. The van der Waals surface area contributed by atoms with E-state index in [9.17, 15) is 0 Å². The van der Waals surface area contributed by atoms with Crippen molar-refractivity contribution in [2.24, 2.45) is 0 Å². The van der Waals surface area contributed by atoms with Crippen molar-refractivity contribution in [2.45, 2.75) is 20.3 Å². The van der Waals surface area contributed by atoms with E-state index >= 15 is 0 Å². The van der Waals surface area contributed by atoms with Crippen LogP contribution >= 0.6 is 0 Å². The summed E-state index contributed by atoms with van der Waals surface area (Å²) in [7, 11) is 0. The average molecular weight is 315 g/mol. The van der Waals surface area contributed by atoms with Crippen molar-refractivity contribution in [3.63, 3.8) is 0 Å². The first-order chi connectivity index (χ1) is 11.7. The Morgan fingerprint density at radius 3 is 2.67 bits per heavy atom. The van der Waals surface area contributed by atoms with E-state index in [1.807, 2.05) is 31.2 Å². The lowest BCUT2D eigenvalue weighted by Gasteiger charge is -2.12. The number of aryl methyl sites for hydroxylation is 2. The van der Waals surface area contributed by atoms with Crippen LogP contribution in [0.2, 0.25) is 0 Å². The van der Waals surface area contributed by atoms with Crippen molar-refractivity contribution in [2.75, 3.05) is 0 Å². The molecule has 1 aliphatic rings. The van der Waals surface area contributed by atoms with Crippen LogP contribution in [0.5, 0.6) is 11.6 Å². The molecule has 3 aromatic rings. The van der Waals surface area contributed by atoms with Gasteiger partial charge in [-0.1, -0.05) is 12.2 Å². The third-order valence-corrected chi connectivity index (χ3v) is 4.22. The summed E-state index contributed by atoms with van der Waals surface area (Å²) in [5.74, 6) is 1.46. The van der Waals surface area contributed by atoms with Crippen LogP contribution in [0, 0.1) is 13.8 Å². The molecule has 0 bridgehead atoms. The molecule has 0 unspecified atom stereocenters. The Bertz CT molecular complexity index is 947. The van der Waals surface area contributed by atoms with Gasteiger partial charge < -0.3 is 4.74 Å². The van der Waals surface area contributed by atoms with Crippen molar-refractivity contribution in [1.29, 1.82) is 0 Å². The normalized spacial score (nSPS) is 12.2. The monoisotopic (exact) mass is 315 g/mol. The van der Waals surface area contributed by atoms with E-state index in [0.717, 1.165) is 40.2 Å². The highest BCUT2D eigenvalue weighted by molar-refractivity contribution is 5.67. The van der Waals surface area contributed by atoms with Crippen molar-refractivity contribution in [1.82, 2.24) is 15.0 Å². The lowest BCUT2D eigenvalue weighted by molar-refractivity contribution is 0.457. The Hall–Kier alpha value is -3.01. The topological polar surface area (TPSA) is 47.9 Å². The lowest BCUT2D eigenvalue weighted by atomic mass is 10.0. The van der Waals surface area contributed by atoms with Gasteiger partial charge in [0.05, 0.1) is 11.4 Å². The van der Waals surface area contributed by atoms with Crippen LogP contribution in [0.4, 0.5) is 0 Å². The smallest absolute Gasteiger partial charge is 0.223 e. The first kappa shape index (κ1) is 14.6. The molecular formula is C20H17N3O. The predicted molar refractivity (Wildman–Crippen MR) is 94.0 cm³/mol. The van der Waals surface area contributed by atoms with Crippen molar-refractivity contribution in [3.05, 3.63) is 71.3 Å². The molecule has 2 aromatic heterocycles. The molecule has 1 aliphatic carbocycles. The molecule has 24 heavy (non-hydrogen) atoms. The van der Waals surface area contributed by atoms with Crippen LogP contribution in [-0.4, -0.2) is 15.0 Å². The summed E-state index contributed by atoms with van der Waals surface area (Å²) >= 11 is 0. The van der Waals surface area contributed by atoms with Gasteiger partial charge in [-0.3, -0.25) is 9.97 Å². The molecule has 2 heterocycles. The largest absolute Gasteiger partial charge is 0.439 e. The number of hydrogen-bond donors (Lipinski definition) is 0. The molecular weight excluding hydrogens is 298 g/mol. The zero-order valence-corrected chi connectivity index (χ0v) is 13.7. The van der Waals surface area contributed by atoms with Crippen LogP contribution in [0.25, 0.3) is 17.3 Å². The molecule has 0 aliphatic heterocycles. The molecule has 4 heteroatoms. The maximum absolute atomic E-state index is 6.04. The number of ether oxygens (including phenoxy) is 1. The summed E-state index contributed by atoms with van der Waals surface area (Å²) in [4.78, 5) is 13.1. The first-order valence-electron chi connectivity index (χ1n) is 7.93. The Balaban J connectivity index is 1.66. The zero-order valence-electron chi connectivity index (χ0n) is 13.7. The fourth-order valence-corrected chi connectivity index (χ4v) is 2.99. The minimum absolute atomic E-state index is 0.681. The van der Waals surface area contributed by atoms with E-state index in [4.69, 9.17) is 4.74 Å². The molecule has 0 amide bonds. The Labute approximate surface area is 140 Å². The van der Waals surface area contributed by atoms with Crippen molar-refractivity contribution >= 4 is 6.08 Å². The summed E-state index contributed by atoms with van der Waals surface area (Å²) in [6, 6.07) is 8.02. The number of aromatic nitrogens is 3. The number of pyridine rings is 1. The van der Waals surface area contributed by atoms with E-state index < -0.39 is 0 Å². The molecule has 0 saturated heterocycles. The summed E-state index contributed by atoms with van der Waals surface area (Å²) in [5.41, 5.74) is 6.32. The average Bonchev–Trinajstić information content (AvgIpc) is 3.06. The molecule has 0 saturated carbocycles. The minimum Gasteiger partial charge on any atom is -0.439 e. The number of nitrogens with zero attached hydrogens (tertiary/aromatic N) is 3. The fraction of sp³-hybridized carbons (Fsp3) is 0.150. The second-order valence-electron chi connectivity index (χ2n) is 5.86. The Morgan fingerprint density at radius 1 is 0.958 bits per heavy atom. The van der Waals surface area contributed by atoms with Crippen LogP contribution in [0.3, 0.4) is 0 Å². The summed E-state index contributed by atoms with van der Waals surface area (Å²) in [5, 5.41) is 0. The summed E-state index contributed by atoms with van der Waals surface area (Å²) in [6.07, 6.45) is 10.3. The lowest BCUT2D eigenvalue weighted by Crippen LogP contribution is -1.96. The maximum atomic E-state index is 6.04. The van der Waals surface area contributed by atoms with Crippen LogP contribution in [0.1, 0.15) is 22.4 Å². The quantitative estimate of drug-likeness (QED) is 0.713. The van der Waals surface area contributed by atoms with E-state index in [1.54, 1.807) is 18.6 Å². The third-order valence-electron chi connectivity index (χ3n) is 4.22. The molecule has 4 nitrogen and oxygen atoms in total. The SMILES string of the molecule is Cc1cc(Oc2nccc3c2CC=C3)ccc1-c1nccnc1C. The van der Waals surface area contributed by atoms with Gasteiger partial charge in [-0.05, 0) is 55.7 Å². The second kappa shape index (κ2) is 5.89. The summed E-state index contributed by atoms with van der Waals surface area (Å²) < 4.78 is 6.04. The molecule has 0 atom stereocenters. The van der Waals surface area contributed by atoms with E-state index in [0.29, 0.717) is 5.88 Å². The van der Waals surface area contributed by atoms with Gasteiger partial charge in [0, 0.05) is 29.7 Å². The maximum Gasteiger partial charge on any atom is 0.223 e. The number of rotatable bonds is 3. The highest BCUT2D eigenvalue weighted by atomic mass is 16.5. The second-order valence-corrected chi connectivity index (χ2v) is 5.86. The van der Waals surface area contributed by atoms with Gasteiger partial charge in [0.25, 0.3) is 0 Å². The molecule has 118 valence electrons. The molecule has 0 N–H and O–H groups in total.